The molecular formula is C18H18BrN5O. The zero-order valence-corrected chi connectivity index (χ0v) is 15.4. The summed E-state index contributed by atoms with van der Waals surface area (Å²) in [6.07, 6.45) is 3.88. The molecule has 3 aromatic rings. The van der Waals surface area contributed by atoms with Gasteiger partial charge in [-0.1, -0.05) is 6.07 Å². The summed E-state index contributed by atoms with van der Waals surface area (Å²) in [6.45, 7) is 3.68. The van der Waals surface area contributed by atoms with Crippen molar-refractivity contribution in [2.45, 2.75) is 19.8 Å². The van der Waals surface area contributed by atoms with E-state index in [1.54, 1.807) is 6.20 Å². The van der Waals surface area contributed by atoms with Gasteiger partial charge in [-0.2, -0.15) is 0 Å². The summed E-state index contributed by atoms with van der Waals surface area (Å²) >= 11 is 3.42. The highest BCUT2D eigenvalue weighted by atomic mass is 79.9. The lowest BCUT2D eigenvalue weighted by Gasteiger charge is -2.16. The number of urea groups is 1. The van der Waals surface area contributed by atoms with Crippen molar-refractivity contribution in [3.8, 4) is 11.4 Å². The number of rotatable bonds is 2. The maximum absolute atomic E-state index is 12.3. The highest BCUT2D eigenvalue weighted by Crippen LogP contribution is 2.27. The third kappa shape index (κ3) is 3.24. The maximum Gasteiger partial charge on any atom is 0.321 e. The molecule has 0 radical (unpaired) electrons. The van der Waals surface area contributed by atoms with Crippen LogP contribution in [0.25, 0.3) is 22.6 Å². The van der Waals surface area contributed by atoms with Gasteiger partial charge in [-0.05, 0) is 59.5 Å². The molecule has 0 aliphatic carbocycles. The van der Waals surface area contributed by atoms with Crippen LogP contribution in [0.1, 0.15) is 18.4 Å². The van der Waals surface area contributed by atoms with Crippen LogP contribution in [0.4, 0.5) is 10.5 Å². The van der Waals surface area contributed by atoms with Crippen molar-refractivity contribution >= 4 is 38.8 Å². The first-order valence-electron chi connectivity index (χ1n) is 8.28. The van der Waals surface area contributed by atoms with Crippen molar-refractivity contribution in [3.63, 3.8) is 0 Å². The lowest BCUT2D eigenvalue weighted by Crippen LogP contribution is -2.32. The number of amides is 2. The Kier molecular flexibility index (Phi) is 4.17. The Morgan fingerprint density at radius 3 is 2.88 bits per heavy atom. The van der Waals surface area contributed by atoms with Crippen LogP contribution in [0.3, 0.4) is 0 Å². The van der Waals surface area contributed by atoms with E-state index in [4.69, 9.17) is 0 Å². The minimum Gasteiger partial charge on any atom is -0.337 e. The molecule has 1 aliphatic heterocycles. The van der Waals surface area contributed by atoms with E-state index in [1.165, 1.54) is 0 Å². The third-order valence-corrected chi connectivity index (χ3v) is 4.87. The molecule has 4 rings (SSSR count). The van der Waals surface area contributed by atoms with Gasteiger partial charge in [0, 0.05) is 35.0 Å². The number of halogens is 1. The number of nitrogens with zero attached hydrogens (tertiary/aromatic N) is 3. The Bertz CT molecular complexity index is 946. The van der Waals surface area contributed by atoms with Gasteiger partial charge in [0.2, 0.25) is 0 Å². The quantitative estimate of drug-likeness (QED) is 0.673. The Hall–Kier alpha value is -2.41. The normalized spacial score (nSPS) is 14.2. The summed E-state index contributed by atoms with van der Waals surface area (Å²) in [5.41, 5.74) is 4.34. The zero-order valence-electron chi connectivity index (χ0n) is 13.8. The van der Waals surface area contributed by atoms with Gasteiger partial charge in [-0.25, -0.2) is 14.8 Å². The van der Waals surface area contributed by atoms with E-state index in [0.717, 1.165) is 58.6 Å². The van der Waals surface area contributed by atoms with Gasteiger partial charge in [-0.3, -0.25) is 0 Å². The third-order valence-electron chi connectivity index (χ3n) is 4.44. The molecule has 0 spiro atoms. The second-order valence-corrected chi connectivity index (χ2v) is 7.18. The minimum atomic E-state index is -0.0393. The number of H-pyrrole nitrogens is 1. The first kappa shape index (κ1) is 16.1. The number of anilines is 1. The van der Waals surface area contributed by atoms with Gasteiger partial charge in [0.15, 0.2) is 5.65 Å². The molecule has 2 amide bonds. The smallest absolute Gasteiger partial charge is 0.321 e. The minimum absolute atomic E-state index is 0.0393. The number of carbonyl (C=O) groups excluding carboxylic acids is 1. The van der Waals surface area contributed by atoms with Crippen LogP contribution in [0.5, 0.6) is 0 Å². The SMILES string of the molecule is Cc1ccc(NC(=O)N2CCCC2)cc1-c1nc2ncc(Br)cc2[nH]1. The standard InChI is InChI=1S/C18H18BrN5O/c1-11-4-5-13(21-18(25)24-6-2-3-7-24)9-14(11)16-22-15-8-12(19)10-20-17(15)23-16/h4-5,8-10H,2-3,6-7H2,1H3,(H,21,25)(H,20,22,23). The molecule has 0 saturated carbocycles. The highest BCUT2D eigenvalue weighted by Gasteiger charge is 2.18. The zero-order chi connectivity index (χ0) is 17.4. The van der Waals surface area contributed by atoms with E-state index in [-0.39, 0.29) is 6.03 Å². The molecule has 2 aromatic heterocycles. The first-order chi connectivity index (χ1) is 12.1. The molecule has 7 heteroatoms. The van der Waals surface area contributed by atoms with Gasteiger partial charge in [0.25, 0.3) is 0 Å². The number of hydrogen-bond acceptors (Lipinski definition) is 3. The summed E-state index contributed by atoms with van der Waals surface area (Å²) in [6, 6.07) is 7.78. The number of nitrogens with one attached hydrogen (secondary N) is 2. The summed E-state index contributed by atoms with van der Waals surface area (Å²) < 4.78 is 0.901. The summed E-state index contributed by atoms with van der Waals surface area (Å²) in [5.74, 6) is 0.746. The Morgan fingerprint density at radius 1 is 1.28 bits per heavy atom. The first-order valence-corrected chi connectivity index (χ1v) is 9.08. The van der Waals surface area contributed by atoms with Crippen LogP contribution in [-0.4, -0.2) is 39.0 Å². The maximum atomic E-state index is 12.3. The second kappa shape index (κ2) is 6.48. The molecule has 3 heterocycles. The Morgan fingerprint density at radius 2 is 2.08 bits per heavy atom. The van der Waals surface area contributed by atoms with Crippen LogP contribution >= 0.6 is 15.9 Å². The average Bonchev–Trinajstić information content (AvgIpc) is 3.25. The van der Waals surface area contributed by atoms with Crippen molar-refractivity contribution in [1.82, 2.24) is 19.9 Å². The molecule has 1 saturated heterocycles. The number of imidazole rings is 1. The summed E-state index contributed by atoms with van der Waals surface area (Å²) in [5, 5.41) is 2.99. The summed E-state index contributed by atoms with van der Waals surface area (Å²) in [4.78, 5) is 26.3. The second-order valence-electron chi connectivity index (χ2n) is 6.26. The Balaban J connectivity index is 1.65. The molecule has 1 fully saturated rings. The molecule has 2 N–H and O–H groups in total. The molecule has 1 aromatic carbocycles. The lowest BCUT2D eigenvalue weighted by molar-refractivity contribution is 0.222. The van der Waals surface area contributed by atoms with Gasteiger partial charge < -0.3 is 15.2 Å². The van der Waals surface area contributed by atoms with Crippen molar-refractivity contribution in [1.29, 1.82) is 0 Å². The molecule has 0 unspecified atom stereocenters. The van der Waals surface area contributed by atoms with Crippen molar-refractivity contribution in [3.05, 3.63) is 40.5 Å². The van der Waals surface area contributed by atoms with Gasteiger partial charge >= 0.3 is 6.03 Å². The van der Waals surface area contributed by atoms with E-state index in [9.17, 15) is 4.79 Å². The predicted molar refractivity (Wildman–Crippen MR) is 102 cm³/mol. The Labute approximate surface area is 153 Å². The number of hydrogen-bond donors (Lipinski definition) is 2. The number of likely N-dealkylation sites (tertiary alicyclic amines) is 1. The van der Waals surface area contributed by atoms with Gasteiger partial charge in [0.05, 0.1) is 5.52 Å². The van der Waals surface area contributed by atoms with Crippen LogP contribution in [0.2, 0.25) is 0 Å². The molecule has 25 heavy (non-hydrogen) atoms. The van der Waals surface area contributed by atoms with Crippen LogP contribution in [0, 0.1) is 6.92 Å². The predicted octanol–water partition coefficient (Wildman–Crippen LogP) is 4.32. The van der Waals surface area contributed by atoms with Crippen LogP contribution in [-0.2, 0) is 0 Å². The van der Waals surface area contributed by atoms with Crippen molar-refractivity contribution in [2.24, 2.45) is 0 Å². The van der Waals surface area contributed by atoms with Crippen LogP contribution in [0.15, 0.2) is 34.9 Å². The molecular weight excluding hydrogens is 382 g/mol. The topological polar surface area (TPSA) is 73.9 Å². The average molecular weight is 400 g/mol. The van der Waals surface area contributed by atoms with E-state index >= 15 is 0 Å². The van der Waals surface area contributed by atoms with Gasteiger partial charge in [-0.15, -0.1) is 0 Å². The number of aromatic nitrogens is 3. The fourth-order valence-electron chi connectivity index (χ4n) is 3.08. The largest absolute Gasteiger partial charge is 0.337 e. The fourth-order valence-corrected chi connectivity index (χ4v) is 3.41. The van der Waals surface area contributed by atoms with E-state index in [2.05, 4.69) is 36.2 Å². The number of aromatic amines is 1. The van der Waals surface area contributed by atoms with Crippen LogP contribution < -0.4 is 5.32 Å². The molecule has 6 nitrogen and oxygen atoms in total. The molecule has 0 atom stereocenters. The van der Waals surface area contributed by atoms with E-state index in [1.807, 2.05) is 36.1 Å². The summed E-state index contributed by atoms with van der Waals surface area (Å²) in [7, 11) is 0. The van der Waals surface area contributed by atoms with Crippen molar-refractivity contribution < 1.29 is 4.79 Å². The molecule has 128 valence electrons. The number of pyridine rings is 1. The van der Waals surface area contributed by atoms with E-state index in [0.29, 0.717) is 5.65 Å². The monoisotopic (exact) mass is 399 g/mol. The molecule has 0 bridgehead atoms. The lowest BCUT2D eigenvalue weighted by atomic mass is 10.1. The number of carbonyl (C=O) groups is 1. The van der Waals surface area contributed by atoms with Gasteiger partial charge in [0.1, 0.15) is 5.82 Å². The number of benzene rings is 1. The highest BCUT2D eigenvalue weighted by molar-refractivity contribution is 9.10. The fraction of sp³-hybridized carbons (Fsp3) is 0.278. The van der Waals surface area contributed by atoms with Crippen molar-refractivity contribution in [2.75, 3.05) is 18.4 Å². The number of aryl methyl sites for hydroxylation is 1. The molecule has 1 aliphatic rings. The van der Waals surface area contributed by atoms with E-state index < -0.39 is 0 Å². The number of fused-ring (bicyclic) bond motifs is 1.